The van der Waals surface area contributed by atoms with E-state index in [4.69, 9.17) is 9.47 Å². The molecule has 2 unspecified atom stereocenters. The van der Waals surface area contributed by atoms with Crippen molar-refractivity contribution in [1.82, 2.24) is 0 Å². The molecular formula is C28H44O10. The van der Waals surface area contributed by atoms with Gasteiger partial charge >= 0.3 is 5.97 Å². The van der Waals surface area contributed by atoms with E-state index in [0.29, 0.717) is 17.9 Å². The second-order valence-corrected chi connectivity index (χ2v) is 10.2. The number of hydrogen-bond acceptors (Lipinski definition) is 9. The Morgan fingerprint density at radius 2 is 1.74 bits per heavy atom. The van der Waals surface area contributed by atoms with E-state index in [1.165, 1.54) is 0 Å². The van der Waals surface area contributed by atoms with Crippen molar-refractivity contribution in [3.63, 3.8) is 0 Å². The Morgan fingerprint density at radius 3 is 2.16 bits per heavy atom. The molecular weight excluding hydrogens is 496 g/mol. The lowest BCUT2D eigenvalue weighted by Gasteiger charge is -2.42. The summed E-state index contributed by atoms with van der Waals surface area (Å²) in [6.45, 7) is 10.9. The topological polar surface area (TPSA) is 171 Å². The van der Waals surface area contributed by atoms with Gasteiger partial charge in [-0.25, -0.2) is 4.79 Å². The van der Waals surface area contributed by atoms with Crippen LogP contribution >= 0.6 is 0 Å². The van der Waals surface area contributed by atoms with Gasteiger partial charge in [-0.05, 0) is 49.2 Å². The van der Waals surface area contributed by atoms with Gasteiger partial charge in [0.15, 0.2) is 6.29 Å². The lowest BCUT2D eigenvalue weighted by molar-refractivity contribution is -0.308. The van der Waals surface area contributed by atoms with Crippen LogP contribution in [-0.4, -0.2) is 87.5 Å². The first-order valence-electron chi connectivity index (χ1n) is 13.0. The summed E-state index contributed by atoms with van der Waals surface area (Å²) in [6, 6.07) is 0. The van der Waals surface area contributed by atoms with Crippen LogP contribution in [0.2, 0.25) is 0 Å². The zero-order chi connectivity index (χ0) is 29.2. The average Bonchev–Trinajstić information content (AvgIpc) is 2.88. The molecule has 2 rings (SSSR count). The lowest BCUT2D eigenvalue weighted by atomic mass is 9.75. The van der Waals surface area contributed by atoms with E-state index < -0.39 is 49.4 Å². The number of carbonyl (C=O) groups is 3. The Hall–Kier alpha value is -2.21. The van der Waals surface area contributed by atoms with Gasteiger partial charge in [0.25, 0.3) is 0 Å². The summed E-state index contributed by atoms with van der Waals surface area (Å²) in [4.78, 5) is 32.4. The van der Waals surface area contributed by atoms with Crippen molar-refractivity contribution in [3.8, 4) is 0 Å². The van der Waals surface area contributed by atoms with Crippen LogP contribution in [0.4, 0.5) is 0 Å². The second kappa shape index (κ2) is 16.0. The largest absolute Gasteiger partial charge is 0.478 e. The molecule has 1 heterocycles. The van der Waals surface area contributed by atoms with Crippen LogP contribution in [0.1, 0.15) is 54.4 Å². The first-order valence-corrected chi connectivity index (χ1v) is 13.0. The van der Waals surface area contributed by atoms with E-state index in [2.05, 4.69) is 0 Å². The molecule has 2 aliphatic rings. The van der Waals surface area contributed by atoms with E-state index >= 15 is 0 Å². The zero-order valence-corrected chi connectivity index (χ0v) is 23.1. The highest BCUT2D eigenvalue weighted by Gasteiger charge is 2.46. The third-order valence-corrected chi connectivity index (χ3v) is 7.06. The molecule has 1 saturated heterocycles. The Labute approximate surface area is 224 Å². The number of allylic oxidation sites excluding steroid dienone is 3. The number of aldehydes is 2. The molecule has 10 nitrogen and oxygen atoms in total. The Bertz CT molecular complexity index is 873. The number of ether oxygens (including phenoxy) is 2. The minimum absolute atomic E-state index is 0.0183. The van der Waals surface area contributed by atoms with Gasteiger partial charge in [-0.1, -0.05) is 45.9 Å². The summed E-state index contributed by atoms with van der Waals surface area (Å²) in [5.41, 5.74) is 1.80. The fraction of sp³-hybridized carbons (Fsp3) is 0.679. The van der Waals surface area contributed by atoms with Crippen molar-refractivity contribution in [2.24, 2.45) is 23.7 Å². The normalized spacial score (nSPS) is 31.9. The molecule has 5 N–H and O–H groups in total. The van der Waals surface area contributed by atoms with Gasteiger partial charge < -0.3 is 39.8 Å². The van der Waals surface area contributed by atoms with Gasteiger partial charge in [-0.3, -0.25) is 4.79 Å². The molecule has 10 heteroatoms. The standard InChI is InChI=1S/C18H28O8.C10H16O2/c1-4-9-11(6-5-10(17(23)24)13(9)8(2)3)25-18-16(22)15(21)14(20)12(7-19)26-18;1-4-9(7-12)10(5-6-11)8(2)3/h4-5,8,11-16,18-22H,6-7H2,1-3H3,(H,23,24);4,6-8,10H,5H2,1-3H3/b2*9-4-/t11-,12-,13?,14-,15+,16-,18-;/m1./s1. The summed E-state index contributed by atoms with van der Waals surface area (Å²) in [5.74, 6) is -0.878. The lowest BCUT2D eigenvalue weighted by Crippen LogP contribution is -2.59. The maximum absolute atomic E-state index is 11.6. The molecule has 216 valence electrons. The molecule has 0 aromatic carbocycles. The fourth-order valence-corrected chi connectivity index (χ4v) is 4.95. The molecule has 1 aliphatic heterocycles. The van der Waals surface area contributed by atoms with Gasteiger partial charge in [-0.15, -0.1) is 0 Å². The van der Waals surface area contributed by atoms with Gasteiger partial charge in [-0.2, -0.15) is 0 Å². The molecule has 0 amide bonds. The highest BCUT2D eigenvalue weighted by Crippen LogP contribution is 2.38. The molecule has 0 saturated carbocycles. The molecule has 8 atom stereocenters. The van der Waals surface area contributed by atoms with Crippen molar-refractivity contribution in [2.75, 3.05) is 6.61 Å². The molecule has 0 spiro atoms. The van der Waals surface area contributed by atoms with Gasteiger partial charge in [0.1, 0.15) is 37.0 Å². The number of rotatable bonds is 10. The maximum atomic E-state index is 11.6. The van der Waals surface area contributed by atoms with Crippen LogP contribution in [0.25, 0.3) is 0 Å². The molecule has 0 bridgehead atoms. The zero-order valence-electron chi connectivity index (χ0n) is 23.1. The molecule has 0 radical (unpaired) electrons. The Balaban J connectivity index is 0.000000508. The SMILES string of the molecule is C/C=C(/C=O)C(CC=O)C(C)C.C/C=C1\C(C(C)C)C(C(=O)O)=CC[C@H]1O[C@@H]1O[C@H](CO)[C@@H](O)[C@H](O)[C@H]1O. The highest BCUT2D eigenvalue weighted by atomic mass is 16.7. The highest BCUT2D eigenvalue weighted by molar-refractivity contribution is 5.88. The third kappa shape index (κ3) is 8.39. The van der Waals surface area contributed by atoms with E-state index in [9.17, 15) is 39.9 Å². The maximum Gasteiger partial charge on any atom is 0.331 e. The minimum Gasteiger partial charge on any atom is -0.478 e. The van der Waals surface area contributed by atoms with Crippen LogP contribution in [0.5, 0.6) is 0 Å². The van der Waals surface area contributed by atoms with E-state index in [0.717, 1.165) is 23.7 Å². The van der Waals surface area contributed by atoms with Crippen molar-refractivity contribution in [3.05, 3.63) is 34.9 Å². The first-order chi connectivity index (χ1) is 17.9. The van der Waals surface area contributed by atoms with Crippen LogP contribution in [0, 0.1) is 23.7 Å². The van der Waals surface area contributed by atoms with Gasteiger partial charge in [0, 0.05) is 17.9 Å². The summed E-state index contributed by atoms with van der Waals surface area (Å²) in [5, 5.41) is 48.6. The van der Waals surface area contributed by atoms with Crippen molar-refractivity contribution >= 4 is 18.5 Å². The number of carbonyl (C=O) groups excluding carboxylic acids is 2. The van der Waals surface area contributed by atoms with E-state index in [-0.39, 0.29) is 24.2 Å². The van der Waals surface area contributed by atoms with Gasteiger partial charge in [0.2, 0.25) is 0 Å². The number of carboxylic acids is 1. The smallest absolute Gasteiger partial charge is 0.331 e. The average molecular weight is 541 g/mol. The molecule has 38 heavy (non-hydrogen) atoms. The first kappa shape index (κ1) is 33.8. The summed E-state index contributed by atoms with van der Waals surface area (Å²) < 4.78 is 11.2. The van der Waals surface area contributed by atoms with Crippen LogP contribution < -0.4 is 0 Å². The van der Waals surface area contributed by atoms with E-state index in [1.807, 2.05) is 34.6 Å². The quantitative estimate of drug-likeness (QED) is 0.156. The molecule has 0 aromatic rings. The second-order valence-electron chi connectivity index (χ2n) is 10.2. The predicted molar refractivity (Wildman–Crippen MR) is 140 cm³/mol. The number of aliphatic hydroxyl groups excluding tert-OH is 4. The number of carboxylic acid groups (broad SMARTS) is 1. The number of hydrogen-bond donors (Lipinski definition) is 5. The van der Waals surface area contributed by atoms with Gasteiger partial charge in [0.05, 0.1) is 12.7 Å². The van der Waals surface area contributed by atoms with Crippen LogP contribution in [0.3, 0.4) is 0 Å². The predicted octanol–water partition coefficient (Wildman–Crippen LogP) is 1.80. The Kier molecular flexibility index (Phi) is 14.3. The molecule has 1 aliphatic carbocycles. The molecule has 1 fully saturated rings. The van der Waals surface area contributed by atoms with Crippen LogP contribution in [0.15, 0.2) is 34.9 Å². The fourth-order valence-electron chi connectivity index (χ4n) is 4.95. The summed E-state index contributed by atoms with van der Waals surface area (Å²) >= 11 is 0. The van der Waals surface area contributed by atoms with Crippen molar-refractivity contribution in [2.45, 2.75) is 91.2 Å². The van der Waals surface area contributed by atoms with Crippen LogP contribution in [-0.2, 0) is 23.9 Å². The van der Waals surface area contributed by atoms with Crippen molar-refractivity contribution in [1.29, 1.82) is 0 Å². The Morgan fingerprint density at radius 1 is 1.11 bits per heavy atom. The third-order valence-electron chi connectivity index (χ3n) is 7.06. The van der Waals surface area contributed by atoms with Crippen molar-refractivity contribution < 1.29 is 49.4 Å². The number of aliphatic hydroxyl groups is 4. The summed E-state index contributed by atoms with van der Waals surface area (Å²) in [6.07, 6.45) is 0.302. The van der Waals surface area contributed by atoms with E-state index in [1.54, 1.807) is 25.2 Å². The molecule has 0 aromatic heterocycles. The monoisotopic (exact) mass is 540 g/mol. The number of aliphatic carboxylic acids is 1. The minimum atomic E-state index is -1.52. The summed E-state index contributed by atoms with van der Waals surface area (Å²) in [7, 11) is 0.